The van der Waals surface area contributed by atoms with Crippen molar-refractivity contribution in [3.63, 3.8) is 0 Å². The molecule has 0 aromatic carbocycles. The van der Waals surface area contributed by atoms with Crippen molar-refractivity contribution in [2.45, 2.75) is 72.5 Å². The summed E-state index contributed by atoms with van der Waals surface area (Å²) in [4.78, 5) is 7.24. The second-order valence-corrected chi connectivity index (χ2v) is 5.76. The summed E-state index contributed by atoms with van der Waals surface area (Å²) in [6.07, 6.45) is 3.65. The fraction of sp³-hybridized carbons (Fsp3) is 0.722. The minimum Gasteiger partial charge on any atom is -0.313 e. The number of nitrogens with one attached hydrogen (secondary N) is 1. The molecule has 0 aliphatic heterocycles. The third-order valence-electron chi connectivity index (χ3n) is 4.14. The van der Waals surface area contributed by atoms with Crippen LogP contribution < -0.4 is 5.32 Å². The van der Waals surface area contributed by atoms with Crippen molar-refractivity contribution in [3.8, 4) is 0 Å². The maximum absolute atomic E-state index is 4.67. The number of likely N-dealkylation sites (N-methyl/N-ethyl adjacent to an activating group) is 2. The van der Waals surface area contributed by atoms with Crippen molar-refractivity contribution in [3.05, 3.63) is 29.6 Å². The van der Waals surface area contributed by atoms with Crippen molar-refractivity contribution in [2.24, 2.45) is 0 Å². The fourth-order valence-electron chi connectivity index (χ4n) is 3.16. The van der Waals surface area contributed by atoms with Gasteiger partial charge in [0.1, 0.15) is 0 Å². The first-order valence-corrected chi connectivity index (χ1v) is 8.56. The molecule has 0 saturated carbocycles. The Balaban J connectivity index is 2.82. The normalized spacial score (nSPS) is 14.4. The average molecular weight is 291 g/mol. The highest BCUT2D eigenvalue weighted by Gasteiger charge is 2.24. The van der Waals surface area contributed by atoms with Gasteiger partial charge in [-0.25, -0.2) is 0 Å². The molecule has 2 unspecified atom stereocenters. The topological polar surface area (TPSA) is 28.2 Å². The summed E-state index contributed by atoms with van der Waals surface area (Å²) in [5, 5.41) is 3.68. The van der Waals surface area contributed by atoms with Crippen LogP contribution in [0.2, 0.25) is 0 Å². The van der Waals surface area contributed by atoms with Crippen molar-refractivity contribution in [1.82, 2.24) is 15.2 Å². The van der Waals surface area contributed by atoms with Crippen molar-refractivity contribution in [2.75, 3.05) is 13.1 Å². The third-order valence-corrected chi connectivity index (χ3v) is 4.14. The fourth-order valence-corrected chi connectivity index (χ4v) is 3.16. The number of pyridine rings is 1. The van der Waals surface area contributed by atoms with Gasteiger partial charge in [0, 0.05) is 24.3 Å². The van der Waals surface area contributed by atoms with E-state index in [4.69, 9.17) is 0 Å². The lowest BCUT2D eigenvalue weighted by molar-refractivity contribution is 0.144. The molecule has 1 aromatic heterocycles. The lowest BCUT2D eigenvalue weighted by Crippen LogP contribution is -2.49. The van der Waals surface area contributed by atoms with Crippen LogP contribution in [0, 0.1) is 6.92 Å². The lowest BCUT2D eigenvalue weighted by Gasteiger charge is -2.36. The van der Waals surface area contributed by atoms with Crippen LogP contribution in [0.1, 0.15) is 58.3 Å². The van der Waals surface area contributed by atoms with Crippen molar-refractivity contribution < 1.29 is 0 Å². The molecular weight excluding hydrogens is 258 g/mol. The molecule has 0 aliphatic rings. The van der Waals surface area contributed by atoms with E-state index >= 15 is 0 Å². The van der Waals surface area contributed by atoms with Gasteiger partial charge in [-0.05, 0) is 45.0 Å². The Labute approximate surface area is 131 Å². The molecule has 0 bridgehead atoms. The SMILES string of the molecule is CCCC(NCC)C(CC)N(CC)Cc1cccc(C)n1. The molecule has 0 radical (unpaired) electrons. The van der Waals surface area contributed by atoms with Gasteiger partial charge in [-0.2, -0.15) is 0 Å². The molecule has 21 heavy (non-hydrogen) atoms. The zero-order chi connectivity index (χ0) is 15.7. The summed E-state index contributed by atoms with van der Waals surface area (Å²) in [6, 6.07) is 7.48. The van der Waals surface area contributed by atoms with E-state index in [0.29, 0.717) is 12.1 Å². The number of nitrogens with zero attached hydrogens (tertiary/aromatic N) is 2. The molecule has 0 aliphatic carbocycles. The molecule has 0 amide bonds. The molecule has 1 heterocycles. The van der Waals surface area contributed by atoms with Crippen LogP contribution in [0.15, 0.2) is 18.2 Å². The summed E-state index contributed by atoms with van der Waals surface area (Å²) in [5.74, 6) is 0. The largest absolute Gasteiger partial charge is 0.313 e. The van der Waals surface area contributed by atoms with Crippen LogP contribution in [0.4, 0.5) is 0 Å². The summed E-state index contributed by atoms with van der Waals surface area (Å²) in [5.41, 5.74) is 2.29. The molecular formula is C18H33N3. The van der Waals surface area contributed by atoms with Crippen LogP contribution >= 0.6 is 0 Å². The Kier molecular flexibility index (Phi) is 8.55. The molecule has 0 spiro atoms. The third kappa shape index (κ3) is 5.76. The molecule has 2 atom stereocenters. The average Bonchev–Trinajstić information content (AvgIpc) is 2.47. The lowest BCUT2D eigenvalue weighted by atomic mass is 9.98. The van der Waals surface area contributed by atoms with Crippen LogP contribution in [0.3, 0.4) is 0 Å². The van der Waals surface area contributed by atoms with E-state index in [0.717, 1.165) is 25.3 Å². The standard InChI is InChI=1S/C18H33N3/c1-6-11-17(19-8-3)18(7-2)21(9-4)14-16-13-10-12-15(5)20-16/h10,12-13,17-19H,6-9,11,14H2,1-5H3. The minimum absolute atomic E-state index is 0.578. The van der Waals surface area contributed by atoms with Gasteiger partial charge in [0.15, 0.2) is 0 Å². The number of aromatic nitrogens is 1. The number of rotatable bonds is 10. The number of hydrogen-bond acceptors (Lipinski definition) is 3. The maximum Gasteiger partial charge on any atom is 0.0547 e. The Morgan fingerprint density at radius 1 is 1.19 bits per heavy atom. The first-order valence-electron chi connectivity index (χ1n) is 8.56. The van der Waals surface area contributed by atoms with Gasteiger partial charge in [-0.3, -0.25) is 9.88 Å². The smallest absolute Gasteiger partial charge is 0.0547 e. The molecule has 1 rings (SSSR count). The predicted molar refractivity (Wildman–Crippen MR) is 91.5 cm³/mol. The second-order valence-electron chi connectivity index (χ2n) is 5.76. The van der Waals surface area contributed by atoms with E-state index in [-0.39, 0.29) is 0 Å². The van der Waals surface area contributed by atoms with Gasteiger partial charge in [-0.1, -0.05) is 40.2 Å². The maximum atomic E-state index is 4.67. The predicted octanol–water partition coefficient (Wildman–Crippen LogP) is 3.77. The molecule has 1 N–H and O–H groups in total. The Bertz CT molecular complexity index is 386. The van der Waals surface area contributed by atoms with E-state index in [1.807, 2.05) is 0 Å². The van der Waals surface area contributed by atoms with E-state index in [9.17, 15) is 0 Å². The Morgan fingerprint density at radius 3 is 2.48 bits per heavy atom. The van der Waals surface area contributed by atoms with Gasteiger partial charge in [-0.15, -0.1) is 0 Å². The molecule has 0 fully saturated rings. The number of aryl methyl sites for hydroxylation is 1. The molecule has 120 valence electrons. The summed E-state index contributed by atoms with van der Waals surface area (Å²) >= 11 is 0. The van der Waals surface area contributed by atoms with Gasteiger partial charge in [0.05, 0.1) is 5.69 Å². The van der Waals surface area contributed by atoms with Crippen LogP contribution in [-0.4, -0.2) is 35.1 Å². The van der Waals surface area contributed by atoms with Crippen LogP contribution in [-0.2, 0) is 6.54 Å². The van der Waals surface area contributed by atoms with E-state index in [1.54, 1.807) is 0 Å². The number of hydrogen-bond donors (Lipinski definition) is 1. The molecule has 0 saturated heterocycles. The van der Waals surface area contributed by atoms with Gasteiger partial charge in [0.2, 0.25) is 0 Å². The Hall–Kier alpha value is -0.930. The van der Waals surface area contributed by atoms with E-state index < -0.39 is 0 Å². The first-order chi connectivity index (χ1) is 10.2. The monoisotopic (exact) mass is 291 g/mol. The van der Waals surface area contributed by atoms with Crippen molar-refractivity contribution >= 4 is 0 Å². The molecule has 1 aromatic rings. The van der Waals surface area contributed by atoms with Gasteiger partial charge >= 0.3 is 0 Å². The van der Waals surface area contributed by atoms with E-state index in [1.165, 1.54) is 25.0 Å². The molecule has 3 nitrogen and oxygen atoms in total. The highest BCUT2D eigenvalue weighted by atomic mass is 15.2. The highest BCUT2D eigenvalue weighted by Crippen LogP contribution is 2.16. The van der Waals surface area contributed by atoms with Crippen LogP contribution in [0.5, 0.6) is 0 Å². The zero-order valence-electron chi connectivity index (χ0n) is 14.5. The van der Waals surface area contributed by atoms with Gasteiger partial charge < -0.3 is 5.32 Å². The zero-order valence-corrected chi connectivity index (χ0v) is 14.5. The van der Waals surface area contributed by atoms with Crippen molar-refractivity contribution in [1.29, 1.82) is 0 Å². The van der Waals surface area contributed by atoms with E-state index in [2.05, 4.69) is 68.0 Å². The highest BCUT2D eigenvalue weighted by molar-refractivity contribution is 5.10. The summed E-state index contributed by atoms with van der Waals surface area (Å²) < 4.78 is 0. The van der Waals surface area contributed by atoms with Crippen LogP contribution in [0.25, 0.3) is 0 Å². The summed E-state index contributed by atoms with van der Waals surface area (Å²) in [6.45, 7) is 14.2. The molecule has 3 heteroatoms. The quantitative estimate of drug-likeness (QED) is 0.711. The second kappa shape index (κ2) is 9.91. The first kappa shape index (κ1) is 18.1. The Morgan fingerprint density at radius 2 is 1.95 bits per heavy atom. The van der Waals surface area contributed by atoms with Gasteiger partial charge in [0.25, 0.3) is 0 Å². The minimum atomic E-state index is 0.578. The summed E-state index contributed by atoms with van der Waals surface area (Å²) in [7, 11) is 0.